The van der Waals surface area contributed by atoms with Crippen LogP contribution in [0.15, 0.2) is 47.6 Å². The Hall–Kier alpha value is -1.78. The van der Waals surface area contributed by atoms with E-state index in [1.165, 1.54) is 0 Å². The predicted octanol–water partition coefficient (Wildman–Crippen LogP) is 3.48. The number of aliphatic imine (C=N–C) groups is 1. The van der Waals surface area contributed by atoms with Gasteiger partial charge < -0.3 is 24.8 Å². The van der Waals surface area contributed by atoms with E-state index < -0.39 is 0 Å². The van der Waals surface area contributed by atoms with E-state index in [1.54, 1.807) is 0 Å². The van der Waals surface area contributed by atoms with Crippen molar-refractivity contribution in [3.63, 3.8) is 0 Å². The number of rotatable bonds is 4. The number of guanidine groups is 1. The number of benzene rings is 1. The van der Waals surface area contributed by atoms with Crippen LogP contribution in [0.3, 0.4) is 0 Å². The molecule has 1 aromatic heterocycles. The van der Waals surface area contributed by atoms with Crippen molar-refractivity contribution in [1.29, 1.82) is 0 Å². The number of halogens is 2. The van der Waals surface area contributed by atoms with Crippen LogP contribution >= 0.6 is 35.6 Å². The van der Waals surface area contributed by atoms with Gasteiger partial charge in [-0.2, -0.15) is 0 Å². The Morgan fingerprint density at radius 2 is 1.91 bits per heavy atom. The molecule has 2 aliphatic heterocycles. The molecular weight excluding hydrogens is 539 g/mol. The highest BCUT2D eigenvalue weighted by Gasteiger charge is 2.21. The molecule has 7 nitrogen and oxygen atoms in total. The third-order valence-electron chi connectivity index (χ3n) is 5.81. The molecule has 0 aliphatic carbocycles. The van der Waals surface area contributed by atoms with Crippen LogP contribution in [0, 0.1) is 0 Å². The van der Waals surface area contributed by atoms with Gasteiger partial charge in [0.25, 0.3) is 0 Å². The zero-order valence-electron chi connectivity index (χ0n) is 18.7. The Morgan fingerprint density at radius 1 is 1.12 bits per heavy atom. The predicted molar refractivity (Wildman–Crippen MR) is 143 cm³/mol. The smallest absolute Gasteiger partial charge is 0.194 e. The van der Waals surface area contributed by atoms with E-state index in [4.69, 9.17) is 16.3 Å². The van der Waals surface area contributed by atoms with Crippen molar-refractivity contribution in [1.82, 2.24) is 15.2 Å². The number of nitrogens with zero attached hydrogens (tertiary/aromatic N) is 5. The SMILES string of the molecule is CN=C(NCc1ccc(N2CCOC(C)C2)nc1)N1CCN(c2ccccc2Cl)CC1.I. The number of pyridine rings is 1. The Labute approximate surface area is 212 Å². The molecule has 0 spiro atoms. The van der Waals surface area contributed by atoms with Gasteiger partial charge >= 0.3 is 0 Å². The van der Waals surface area contributed by atoms with Gasteiger partial charge in [0.05, 0.1) is 23.4 Å². The van der Waals surface area contributed by atoms with Crippen LogP contribution in [0.2, 0.25) is 5.02 Å². The van der Waals surface area contributed by atoms with Gasteiger partial charge in [-0.3, -0.25) is 4.99 Å². The average Bonchev–Trinajstić information content (AvgIpc) is 2.81. The number of ether oxygens (including phenoxy) is 1. The van der Waals surface area contributed by atoms with Gasteiger partial charge in [-0.05, 0) is 30.7 Å². The van der Waals surface area contributed by atoms with Gasteiger partial charge in [0, 0.05) is 59.1 Å². The number of piperazine rings is 1. The van der Waals surface area contributed by atoms with Gasteiger partial charge in [0.15, 0.2) is 5.96 Å². The monoisotopic (exact) mass is 570 g/mol. The molecule has 1 aromatic carbocycles. The van der Waals surface area contributed by atoms with Crippen molar-refractivity contribution in [2.45, 2.75) is 19.6 Å². The Kier molecular flexibility index (Phi) is 9.24. The van der Waals surface area contributed by atoms with E-state index in [2.05, 4.69) is 55.1 Å². The largest absolute Gasteiger partial charge is 0.375 e. The lowest BCUT2D eigenvalue weighted by molar-refractivity contribution is 0.0529. The molecule has 0 amide bonds. The van der Waals surface area contributed by atoms with Crippen LogP contribution in [0.5, 0.6) is 0 Å². The highest BCUT2D eigenvalue weighted by molar-refractivity contribution is 14.0. The van der Waals surface area contributed by atoms with E-state index in [-0.39, 0.29) is 30.1 Å². The third-order valence-corrected chi connectivity index (χ3v) is 6.13. The summed E-state index contributed by atoms with van der Waals surface area (Å²) in [5.74, 6) is 1.93. The molecule has 2 aliphatic rings. The van der Waals surface area contributed by atoms with Crippen molar-refractivity contribution in [3.8, 4) is 0 Å². The molecule has 2 aromatic rings. The molecule has 32 heavy (non-hydrogen) atoms. The average molecular weight is 571 g/mol. The van der Waals surface area contributed by atoms with Gasteiger partial charge in [0.1, 0.15) is 5.82 Å². The molecule has 4 rings (SSSR count). The summed E-state index contributed by atoms with van der Waals surface area (Å²) in [7, 11) is 1.84. The van der Waals surface area contributed by atoms with E-state index in [9.17, 15) is 0 Å². The van der Waals surface area contributed by atoms with E-state index in [0.717, 1.165) is 73.9 Å². The Morgan fingerprint density at radius 3 is 2.56 bits per heavy atom. The molecule has 2 fully saturated rings. The lowest BCUT2D eigenvalue weighted by Gasteiger charge is -2.38. The second-order valence-corrected chi connectivity index (χ2v) is 8.39. The number of hydrogen-bond donors (Lipinski definition) is 1. The summed E-state index contributed by atoms with van der Waals surface area (Å²) in [6.07, 6.45) is 2.20. The molecular formula is C23H32ClIN6O. The highest BCUT2D eigenvalue weighted by Crippen LogP contribution is 2.26. The van der Waals surface area contributed by atoms with Gasteiger partial charge in [0.2, 0.25) is 0 Å². The van der Waals surface area contributed by atoms with Crippen LogP contribution in [-0.2, 0) is 11.3 Å². The molecule has 3 heterocycles. The fourth-order valence-electron chi connectivity index (χ4n) is 4.12. The zero-order valence-corrected chi connectivity index (χ0v) is 21.8. The number of para-hydroxylation sites is 1. The second kappa shape index (κ2) is 11.9. The third kappa shape index (κ3) is 6.17. The quantitative estimate of drug-likeness (QED) is 0.345. The maximum Gasteiger partial charge on any atom is 0.194 e. The summed E-state index contributed by atoms with van der Waals surface area (Å²) in [6, 6.07) is 12.3. The van der Waals surface area contributed by atoms with Crippen molar-refractivity contribution >= 4 is 53.0 Å². The topological polar surface area (TPSA) is 56.2 Å². The number of morpholine rings is 1. The van der Waals surface area contributed by atoms with Gasteiger partial charge in [-0.1, -0.05) is 29.8 Å². The van der Waals surface area contributed by atoms with Crippen molar-refractivity contribution in [3.05, 3.63) is 53.2 Å². The first-order chi connectivity index (χ1) is 15.1. The number of nitrogens with one attached hydrogen (secondary N) is 1. The van der Waals surface area contributed by atoms with Crippen LogP contribution < -0.4 is 15.1 Å². The summed E-state index contributed by atoms with van der Waals surface area (Å²) < 4.78 is 5.62. The maximum atomic E-state index is 6.36. The fourth-order valence-corrected chi connectivity index (χ4v) is 4.37. The zero-order chi connectivity index (χ0) is 21.6. The summed E-state index contributed by atoms with van der Waals surface area (Å²) >= 11 is 6.36. The van der Waals surface area contributed by atoms with Crippen molar-refractivity contribution in [2.75, 3.05) is 62.7 Å². The van der Waals surface area contributed by atoms with E-state index >= 15 is 0 Å². The van der Waals surface area contributed by atoms with Gasteiger partial charge in [-0.25, -0.2) is 4.98 Å². The van der Waals surface area contributed by atoms with Crippen LogP contribution in [-0.4, -0.2) is 74.9 Å². The first-order valence-electron chi connectivity index (χ1n) is 10.9. The minimum absolute atomic E-state index is 0. The standard InChI is InChI=1S/C23H31ClN6O.HI/c1-18-17-30(13-14-31-18)22-8-7-19(15-26-22)16-27-23(25-2)29-11-9-28(10-12-29)21-6-4-3-5-20(21)24;/h3-8,15,18H,9-14,16-17H2,1-2H3,(H,25,27);1H. The molecule has 0 saturated carbocycles. The Balaban J connectivity index is 0.00000289. The molecule has 1 atom stereocenters. The lowest BCUT2D eigenvalue weighted by Crippen LogP contribution is -2.52. The summed E-state index contributed by atoms with van der Waals surface area (Å²) in [5.41, 5.74) is 2.24. The number of aromatic nitrogens is 1. The van der Waals surface area contributed by atoms with Crippen molar-refractivity contribution in [2.24, 2.45) is 4.99 Å². The Bertz CT molecular complexity index is 888. The molecule has 9 heteroatoms. The molecule has 1 N–H and O–H groups in total. The normalized spacial score (nSPS) is 19.5. The first kappa shape index (κ1) is 24.9. The van der Waals surface area contributed by atoms with E-state index in [0.29, 0.717) is 6.54 Å². The number of anilines is 2. The van der Waals surface area contributed by atoms with Crippen LogP contribution in [0.25, 0.3) is 0 Å². The highest BCUT2D eigenvalue weighted by atomic mass is 127. The summed E-state index contributed by atoms with van der Waals surface area (Å²) in [4.78, 5) is 16.1. The minimum Gasteiger partial charge on any atom is -0.375 e. The maximum absolute atomic E-state index is 6.36. The molecule has 174 valence electrons. The lowest BCUT2D eigenvalue weighted by atomic mass is 10.2. The molecule has 1 unspecified atom stereocenters. The molecule has 0 bridgehead atoms. The summed E-state index contributed by atoms with van der Waals surface area (Å²) in [6.45, 7) is 8.96. The fraction of sp³-hybridized carbons (Fsp3) is 0.478. The molecule has 0 radical (unpaired) electrons. The van der Waals surface area contributed by atoms with E-state index in [1.807, 2.05) is 31.4 Å². The van der Waals surface area contributed by atoms with Crippen molar-refractivity contribution < 1.29 is 4.74 Å². The first-order valence-corrected chi connectivity index (χ1v) is 11.3. The molecule has 2 saturated heterocycles. The second-order valence-electron chi connectivity index (χ2n) is 7.98. The number of hydrogen-bond acceptors (Lipinski definition) is 5. The van der Waals surface area contributed by atoms with Gasteiger partial charge in [-0.15, -0.1) is 24.0 Å². The van der Waals surface area contributed by atoms with Crippen LogP contribution in [0.1, 0.15) is 12.5 Å². The van der Waals surface area contributed by atoms with Crippen LogP contribution in [0.4, 0.5) is 11.5 Å². The minimum atomic E-state index is 0. The summed E-state index contributed by atoms with van der Waals surface area (Å²) in [5, 5.41) is 4.29.